The summed E-state index contributed by atoms with van der Waals surface area (Å²) in [5, 5.41) is 22.8. The van der Waals surface area contributed by atoms with Gasteiger partial charge in [-0.25, -0.2) is 10.3 Å². The Balaban J connectivity index is 1.67. The van der Waals surface area contributed by atoms with E-state index in [0.29, 0.717) is 35.6 Å². The van der Waals surface area contributed by atoms with Crippen molar-refractivity contribution in [2.75, 3.05) is 18.5 Å². The maximum Gasteiger partial charge on any atom is 0.412 e. The van der Waals surface area contributed by atoms with Gasteiger partial charge in [-0.2, -0.15) is 0 Å². The Labute approximate surface area is 237 Å². The average Bonchev–Trinajstić information content (AvgIpc) is 3.01. The van der Waals surface area contributed by atoms with Gasteiger partial charge in [-0.15, -0.1) is 0 Å². The van der Waals surface area contributed by atoms with Gasteiger partial charge < -0.3 is 19.3 Å². The van der Waals surface area contributed by atoms with Crippen molar-refractivity contribution in [3.8, 4) is 11.5 Å². The van der Waals surface area contributed by atoms with Crippen molar-refractivity contribution in [1.82, 2.24) is 5.48 Å². The number of aliphatic hydroxyl groups excluding tert-OH is 1. The largest absolute Gasteiger partial charge is 0.491 e. The second kappa shape index (κ2) is 15.1. The lowest BCUT2D eigenvalue weighted by atomic mass is 9.99. The molecule has 0 bridgehead atoms. The number of anilines is 1. The van der Waals surface area contributed by atoms with Crippen LogP contribution in [-0.4, -0.2) is 41.6 Å². The quantitative estimate of drug-likeness (QED) is 0.0933. The number of benzene rings is 4. The number of amides is 2. The predicted octanol–water partition coefficient (Wildman–Crippen LogP) is 5.79. The number of rotatable bonds is 13. The highest BCUT2D eigenvalue weighted by Crippen LogP contribution is 2.35. The van der Waals surface area contributed by atoms with Crippen LogP contribution in [0.25, 0.3) is 10.8 Å². The van der Waals surface area contributed by atoms with Gasteiger partial charge >= 0.3 is 6.09 Å². The standard InChI is InChI=1S/C32H32N2O7/c35-21-22-39-28-18-7-6-16-26(28)31(41-32(37)33-27-17-10-12-23-11-4-5-15-25(23)27)29(19-8-9-20-30(36)34-38)40-24-13-2-1-3-14-24/h1-7,9-18,20,29,31,35,38H,8,19,21-22H2,(H,33,37)(H,34,36)/b20-9+/t29-,31-/m1/s1. The number of fused-ring (bicyclic) bond motifs is 1. The molecule has 4 N–H and O–H groups in total. The minimum atomic E-state index is -0.944. The van der Waals surface area contributed by atoms with Gasteiger partial charge in [-0.05, 0) is 42.5 Å². The van der Waals surface area contributed by atoms with E-state index in [9.17, 15) is 14.7 Å². The third kappa shape index (κ3) is 8.31. The van der Waals surface area contributed by atoms with Crippen molar-refractivity contribution < 1.29 is 34.1 Å². The summed E-state index contributed by atoms with van der Waals surface area (Å²) < 4.78 is 18.2. The van der Waals surface area contributed by atoms with Crippen molar-refractivity contribution in [3.63, 3.8) is 0 Å². The van der Waals surface area contributed by atoms with Crippen LogP contribution in [0.2, 0.25) is 0 Å². The van der Waals surface area contributed by atoms with E-state index in [2.05, 4.69) is 5.32 Å². The normalized spacial score (nSPS) is 12.4. The monoisotopic (exact) mass is 556 g/mol. The second-order valence-corrected chi connectivity index (χ2v) is 9.01. The summed E-state index contributed by atoms with van der Waals surface area (Å²) in [6, 6.07) is 29.5. The molecule has 0 fully saturated rings. The molecule has 0 saturated carbocycles. The van der Waals surface area contributed by atoms with Gasteiger partial charge in [0, 0.05) is 17.0 Å². The molecule has 4 aromatic carbocycles. The van der Waals surface area contributed by atoms with Crippen LogP contribution < -0.4 is 20.3 Å². The van der Waals surface area contributed by atoms with E-state index >= 15 is 0 Å². The molecule has 9 nitrogen and oxygen atoms in total. The Morgan fingerprint density at radius 1 is 0.878 bits per heavy atom. The average molecular weight is 557 g/mol. The first-order chi connectivity index (χ1) is 20.1. The molecule has 212 valence electrons. The Morgan fingerprint density at radius 3 is 2.41 bits per heavy atom. The molecule has 41 heavy (non-hydrogen) atoms. The van der Waals surface area contributed by atoms with Crippen LogP contribution in [0.3, 0.4) is 0 Å². The molecule has 0 aliphatic heterocycles. The molecule has 0 radical (unpaired) electrons. The summed E-state index contributed by atoms with van der Waals surface area (Å²) in [5.41, 5.74) is 2.70. The smallest absolute Gasteiger partial charge is 0.412 e. The van der Waals surface area contributed by atoms with E-state index in [1.165, 1.54) is 6.08 Å². The molecule has 0 spiro atoms. The van der Waals surface area contributed by atoms with Gasteiger partial charge in [0.2, 0.25) is 0 Å². The minimum absolute atomic E-state index is 0.0507. The van der Waals surface area contributed by atoms with Crippen molar-refractivity contribution in [2.24, 2.45) is 0 Å². The van der Waals surface area contributed by atoms with Crippen LogP contribution in [0.15, 0.2) is 109 Å². The minimum Gasteiger partial charge on any atom is -0.491 e. The predicted molar refractivity (Wildman–Crippen MR) is 155 cm³/mol. The molecule has 0 aromatic heterocycles. The van der Waals surface area contributed by atoms with Crippen LogP contribution in [0.5, 0.6) is 11.5 Å². The lowest BCUT2D eigenvalue weighted by Crippen LogP contribution is -2.31. The Bertz CT molecular complexity index is 1450. The van der Waals surface area contributed by atoms with Gasteiger partial charge in [0.1, 0.15) is 24.2 Å². The van der Waals surface area contributed by atoms with Crippen LogP contribution >= 0.6 is 0 Å². The zero-order chi connectivity index (χ0) is 28.9. The number of hydroxylamine groups is 1. The molecule has 4 rings (SSSR count). The van der Waals surface area contributed by atoms with Crippen molar-refractivity contribution >= 4 is 28.5 Å². The molecule has 0 saturated heterocycles. The molecule has 4 aromatic rings. The fourth-order valence-corrected chi connectivity index (χ4v) is 4.37. The SMILES string of the molecule is O=C(/C=C/CC[C@@H](Oc1ccccc1)[C@H](OC(=O)Nc1cccc2ccccc12)c1ccccc1OCCO)NO. The third-order valence-corrected chi connectivity index (χ3v) is 6.20. The fourth-order valence-electron chi connectivity index (χ4n) is 4.37. The van der Waals surface area contributed by atoms with Crippen molar-refractivity contribution in [3.05, 3.63) is 115 Å². The summed E-state index contributed by atoms with van der Waals surface area (Å²) >= 11 is 0. The topological polar surface area (TPSA) is 126 Å². The van der Waals surface area contributed by atoms with Gasteiger partial charge in [0.15, 0.2) is 6.10 Å². The Kier molecular flexibility index (Phi) is 10.7. The molecule has 0 aliphatic rings. The maximum atomic E-state index is 13.4. The summed E-state index contributed by atoms with van der Waals surface area (Å²) in [6.07, 6.45) is 1.16. The Hall–Kier alpha value is -4.86. The molecule has 0 unspecified atom stereocenters. The number of allylic oxidation sites excluding steroid dienone is 1. The van der Waals surface area contributed by atoms with Crippen molar-refractivity contribution in [2.45, 2.75) is 25.0 Å². The maximum absolute atomic E-state index is 13.4. The van der Waals surface area contributed by atoms with Gasteiger partial charge in [-0.3, -0.25) is 15.3 Å². The number of hydrogen-bond acceptors (Lipinski definition) is 7. The number of carbonyl (C=O) groups is 2. The van der Waals surface area contributed by atoms with Crippen LogP contribution in [-0.2, 0) is 9.53 Å². The molecular weight excluding hydrogens is 524 g/mol. The highest BCUT2D eigenvalue weighted by atomic mass is 16.6. The zero-order valence-electron chi connectivity index (χ0n) is 22.3. The van der Waals surface area contributed by atoms with Crippen molar-refractivity contribution in [1.29, 1.82) is 0 Å². The lowest BCUT2D eigenvalue weighted by Gasteiger charge is -2.29. The summed E-state index contributed by atoms with van der Waals surface area (Å²) in [6.45, 7) is -0.141. The van der Waals surface area contributed by atoms with Gasteiger partial charge in [0.25, 0.3) is 5.91 Å². The van der Waals surface area contributed by atoms with Crippen LogP contribution in [0.1, 0.15) is 24.5 Å². The summed E-state index contributed by atoms with van der Waals surface area (Å²) in [5.74, 6) is 0.336. The molecule has 0 heterocycles. The molecule has 0 aliphatic carbocycles. The first-order valence-corrected chi connectivity index (χ1v) is 13.2. The van der Waals surface area contributed by atoms with E-state index in [1.54, 1.807) is 54.0 Å². The molecule has 2 amide bonds. The molecule has 2 atom stereocenters. The third-order valence-electron chi connectivity index (χ3n) is 6.20. The number of nitrogens with one attached hydrogen (secondary N) is 2. The van der Waals surface area contributed by atoms with E-state index in [1.807, 2.05) is 54.6 Å². The fraction of sp³-hybridized carbons (Fsp3) is 0.188. The lowest BCUT2D eigenvalue weighted by molar-refractivity contribution is -0.124. The number of ether oxygens (including phenoxy) is 3. The van der Waals surface area contributed by atoms with Crippen LogP contribution in [0, 0.1) is 0 Å². The number of hydrogen-bond donors (Lipinski definition) is 4. The molecular formula is C32H32N2O7. The highest BCUT2D eigenvalue weighted by molar-refractivity contribution is 6.00. The van der Waals surface area contributed by atoms with E-state index < -0.39 is 24.2 Å². The van der Waals surface area contributed by atoms with Crippen LogP contribution in [0.4, 0.5) is 10.5 Å². The van der Waals surface area contributed by atoms with E-state index in [0.717, 1.165) is 10.8 Å². The summed E-state index contributed by atoms with van der Waals surface area (Å²) in [7, 11) is 0. The second-order valence-electron chi connectivity index (χ2n) is 9.01. The van der Waals surface area contributed by atoms with E-state index in [4.69, 9.17) is 19.4 Å². The van der Waals surface area contributed by atoms with E-state index in [-0.39, 0.29) is 13.2 Å². The first-order valence-electron chi connectivity index (χ1n) is 13.2. The summed E-state index contributed by atoms with van der Waals surface area (Å²) in [4.78, 5) is 24.9. The van der Waals surface area contributed by atoms with Gasteiger partial charge in [-0.1, -0.05) is 78.9 Å². The number of aliphatic hydroxyl groups is 1. The first kappa shape index (κ1) is 29.1. The Morgan fingerprint density at radius 2 is 1.61 bits per heavy atom. The molecule has 9 heteroatoms. The van der Waals surface area contributed by atoms with Gasteiger partial charge in [0.05, 0.1) is 12.3 Å². The number of carbonyl (C=O) groups excluding carboxylic acids is 2. The highest BCUT2D eigenvalue weighted by Gasteiger charge is 2.31. The zero-order valence-corrected chi connectivity index (χ0v) is 22.3. The number of para-hydroxylation sites is 2.